The number of anilines is 2. The minimum atomic E-state index is -0.0681. The van der Waals surface area contributed by atoms with Crippen LogP contribution < -0.4 is 9.80 Å². The largest absolute Gasteiger partial charge is 0.373 e. The minimum Gasteiger partial charge on any atom is -0.373 e. The lowest BCUT2D eigenvalue weighted by atomic mass is 10.2. The molecule has 1 amide bonds. The molecule has 122 valence electrons. The molecule has 0 saturated carbocycles. The van der Waals surface area contributed by atoms with Gasteiger partial charge in [0, 0.05) is 25.8 Å². The Morgan fingerprint density at radius 1 is 1.04 bits per heavy atom. The van der Waals surface area contributed by atoms with E-state index in [4.69, 9.17) is 0 Å². The van der Waals surface area contributed by atoms with Crippen LogP contribution in [0.3, 0.4) is 0 Å². The molecule has 1 aromatic heterocycles. The lowest BCUT2D eigenvalue weighted by molar-refractivity contribution is 0.0983. The Morgan fingerprint density at radius 3 is 2.35 bits per heavy atom. The van der Waals surface area contributed by atoms with Gasteiger partial charge in [-0.1, -0.05) is 31.5 Å². The summed E-state index contributed by atoms with van der Waals surface area (Å²) in [4.78, 5) is 21.0. The number of nitrogens with zero attached hydrogens (tertiary/aromatic N) is 3. The first-order valence-corrected chi connectivity index (χ1v) is 8.21. The van der Waals surface area contributed by atoms with Crippen molar-refractivity contribution < 1.29 is 4.79 Å². The van der Waals surface area contributed by atoms with Crippen molar-refractivity contribution in [3.8, 4) is 0 Å². The topological polar surface area (TPSA) is 36.4 Å². The summed E-state index contributed by atoms with van der Waals surface area (Å²) in [6.07, 6.45) is 4.09. The fourth-order valence-electron chi connectivity index (χ4n) is 2.45. The van der Waals surface area contributed by atoms with Gasteiger partial charge in [-0.15, -0.1) is 0 Å². The van der Waals surface area contributed by atoms with Crippen molar-refractivity contribution in [2.75, 3.05) is 29.9 Å². The van der Waals surface area contributed by atoms with Gasteiger partial charge in [0.15, 0.2) is 0 Å². The Labute approximate surface area is 138 Å². The van der Waals surface area contributed by atoms with Crippen LogP contribution in [-0.4, -0.2) is 31.0 Å². The van der Waals surface area contributed by atoms with Gasteiger partial charge in [0.1, 0.15) is 5.69 Å². The zero-order valence-corrected chi connectivity index (χ0v) is 14.2. The summed E-state index contributed by atoms with van der Waals surface area (Å²) >= 11 is 0. The molecule has 0 aliphatic carbocycles. The second kappa shape index (κ2) is 8.32. The van der Waals surface area contributed by atoms with Crippen LogP contribution in [0.5, 0.6) is 0 Å². The molecule has 2 aromatic rings. The number of carbonyl (C=O) groups is 1. The molecule has 0 atom stereocenters. The summed E-state index contributed by atoms with van der Waals surface area (Å²) in [7, 11) is 2.05. The van der Waals surface area contributed by atoms with Crippen molar-refractivity contribution >= 4 is 17.3 Å². The van der Waals surface area contributed by atoms with Gasteiger partial charge in [0.2, 0.25) is 0 Å². The summed E-state index contributed by atoms with van der Waals surface area (Å²) < 4.78 is 0. The number of amides is 1. The van der Waals surface area contributed by atoms with Crippen molar-refractivity contribution in [2.45, 2.75) is 26.7 Å². The predicted octanol–water partition coefficient (Wildman–Crippen LogP) is 3.98. The Hall–Kier alpha value is -2.36. The van der Waals surface area contributed by atoms with Crippen LogP contribution in [0, 0.1) is 0 Å². The lowest BCUT2D eigenvalue weighted by Gasteiger charge is -2.22. The standard InChI is InChI=1S/C19H25N3O/c1-4-6-14-21(3)17-12-13-18(20-15-17)19(23)22(5-2)16-10-8-7-9-11-16/h7-13,15H,4-6,14H2,1-3H3. The summed E-state index contributed by atoms with van der Waals surface area (Å²) in [5.41, 5.74) is 2.41. The maximum absolute atomic E-state index is 12.7. The summed E-state index contributed by atoms with van der Waals surface area (Å²) in [6, 6.07) is 13.5. The molecule has 4 heteroatoms. The van der Waals surface area contributed by atoms with E-state index in [9.17, 15) is 4.79 Å². The van der Waals surface area contributed by atoms with Crippen molar-refractivity contribution in [2.24, 2.45) is 0 Å². The second-order valence-electron chi connectivity index (χ2n) is 5.56. The first-order chi connectivity index (χ1) is 11.2. The van der Waals surface area contributed by atoms with E-state index < -0.39 is 0 Å². The zero-order valence-electron chi connectivity index (χ0n) is 14.2. The summed E-state index contributed by atoms with van der Waals surface area (Å²) in [5, 5.41) is 0. The van der Waals surface area contributed by atoms with E-state index in [0.29, 0.717) is 12.2 Å². The Kier molecular flexibility index (Phi) is 6.15. The third-order valence-electron chi connectivity index (χ3n) is 3.88. The van der Waals surface area contributed by atoms with E-state index in [1.54, 1.807) is 11.1 Å². The highest BCUT2D eigenvalue weighted by atomic mass is 16.2. The number of rotatable bonds is 7. The second-order valence-corrected chi connectivity index (χ2v) is 5.56. The summed E-state index contributed by atoms with van der Waals surface area (Å²) in [5.74, 6) is -0.0681. The van der Waals surface area contributed by atoms with Crippen molar-refractivity contribution in [1.82, 2.24) is 4.98 Å². The van der Waals surface area contributed by atoms with Crippen LogP contribution in [0.2, 0.25) is 0 Å². The quantitative estimate of drug-likeness (QED) is 0.776. The van der Waals surface area contributed by atoms with Gasteiger partial charge < -0.3 is 9.80 Å². The van der Waals surface area contributed by atoms with Crippen molar-refractivity contribution in [1.29, 1.82) is 0 Å². The van der Waals surface area contributed by atoms with E-state index in [1.807, 2.05) is 49.4 Å². The SMILES string of the molecule is CCCCN(C)c1ccc(C(=O)N(CC)c2ccccc2)nc1. The molecule has 0 radical (unpaired) electrons. The van der Waals surface area contributed by atoms with Crippen LogP contribution >= 0.6 is 0 Å². The molecule has 1 aromatic carbocycles. The molecular formula is C19H25N3O. The number of unbranched alkanes of at least 4 members (excludes halogenated alkanes) is 1. The third-order valence-corrected chi connectivity index (χ3v) is 3.88. The van der Waals surface area contributed by atoms with Crippen LogP contribution in [0.4, 0.5) is 11.4 Å². The summed E-state index contributed by atoms with van der Waals surface area (Å²) in [6.45, 7) is 5.76. The van der Waals surface area contributed by atoms with Crippen LogP contribution in [0.25, 0.3) is 0 Å². The predicted molar refractivity (Wildman–Crippen MR) is 96.2 cm³/mol. The van der Waals surface area contributed by atoms with Gasteiger partial charge in [-0.05, 0) is 37.6 Å². The Morgan fingerprint density at radius 2 is 1.78 bits per heavy atom. The molecule has 0 aliphatic rings. The highest BCUT2D eigenvalue weighted by molar-refractivity contribution is 6.04. The number of hydrogen-bond acceptors (Lipinski definition) is 3. The fraction of sp³-hybridized carbons (Fsp3) is 0.368. The van der Waals surface area contributed by atoms with Gasteiger partial charge in [-0.25, -0.2) is 4.98 Å². The minimum absolute atomic E-state index is 0.0681. The smallest absolute Gasteiger partial charge is 0.276 e. The molecular weight excluding hydrogens is 286 g/mol. The van der Waals surface area contributed by atoms with E-state index >= 15 is 0 Å². The van der Waals surface area contributed by atoms with E-state index in [-0.39, 0.29) is 5.91 Å². The molecule has 0 unspecified atom stereocenters. The number of hydrogen-bond donors (Lipinski definition) is 0. The molecule has 23 heavy (non-hydrogen) atoms. The molecule has 0 spiro atoms. The Balaban J connectivity index is 2.13. The maximum atomic E-state index is 12.7. The number of pyridine rings is 1. The van der Waals surface area contributed by atoms with Crippen molar-refractivity contribution in [3.63, 3.8) is 0 Å². The van der Waals surface area contributed by atoms with Crippen LogP contribution in [0.1, 0.15) is 37.2 Å². The van der Waals surface area contributed by atoms with Crippen LogP contribution in [-0.2, 0) is 0 Å². The van der Waals surface area contributed by atoms with Crippen molar-refractivity contribution in [3.05, 3.63) is 54.4 Å². The van der Waals surface area contributed by atoms with Gasteiger partial charge in [0.05, 0.1) is 11.9 Å². The number of para-hydroxylation sites is 1. The monoisotopic (exact) mass is 311 g/mol. The molecule has 0 fully saturated rings. The maximum Gasteiger partial charge on any atom is 0.276 e. The first kappa shape index (κ1) is 17.0. The number of aromatic nitrogens is 1. The third kappa shape index (κ3) is 4.31. The molecule has 1 heterocycles. The van der Waals surface area contributed by atoms with E-state index in [0.717, 1.165) is 30.8 Å². The molecule has 2 rings (SSSR count). The lowest BCUT2D eigenvalue weighted by Crippen LogP contribution is -2.31. The van der Waals surface area contributed by atoms with Crippen LogP contribution in [0.15, 0.2) is 48.7 Å². The van der Waals surface area contributed by atoms with Gasteiger partial charge in [0.25, 0.3) is 5.91 Å². The average Bonchev–Trinajstić information content (AvgIpc) is 2.61. The van der Waals surface area contributed by atoms with Gasteiger partial charge in [-0.3, -0.25) is 4.79 Å². The highest BCUT2D eigenvalue weighted by Crippen LogP contribution is 2.17. The molecule has 0 N–H and O–H groups in total. The average molecular weight is 311 g/mol. The fourth-order valence-corrected chi connectivity index (χ4v) is 2.45. The van der Waals surface area contributed by atoms with E-state index in [2.05, 4.69) is 23.9 Å². The molecule has 0 saturated heterocycles. The van der Waals surface area contributed by atoms with Gasteiger partial charge in [-0.2, -0.15) is 0 Å². The number of carbonyl (C=O) groups excluding carboxylic acids is 1. The number of benzene rings is 1. The molecule has 4 nitrogen and oxygen atoms in total. The Bertz CT molecular complexity index is 610. The normalized spacial score (nSPS) is 10.4. The molecule has 0 bridgehead atoms. The zero-order chi connectivity index (χ0) is 16.7. The van der Waals surface area contributed by atoms with Gasteiger partial charge >= 0.3 is 0 Å². The first-order valence-electron chi connectivity index (χ1n) is 8.21. The highest BCUT2D eigenvalue weighted by Gasteiger charge is 2.17. The molecule has 0 aliphatic heterocycles. The van der Waals surface area contributed by atoms with E-state index in [1.165, 1.54) is 0 Å².